The number of nitrogens with one attached hydrogen (secondary N) is 1. The number of benzene rings is 1. The Morgan fingerprint density at radius 2 is 2.35 bits per heavy atom. The standard InChI is InChI=1S/C11H12ClN3O2/c1-13-11(16)15-5-4-9(14-17)8-6-7(12)2-3-10(8)15/h2-3,6,17H,4-5H2,1H3,(H,13,16). The van der Waals surface area contributed by atoms with Crippen LogP contribution in [-0.2, 0) is 0 Å². The lowest BCUT2D eigenvalue weighted by Gasteiger charge is -2.29. The third kappa shape index (κ3) is 2.06. The lowest BCUT2D eigenvalue weighted by atomic mass is 10.00. The van der Waals surface area contributed by atoms with Gasteiger partial charge < -0.3 is 10.5 Å². The summed E-state index contributed by atoms with van der Waals surface area (Å²) in [7, 11) is 1.58. The maximum atomic E-state index is 11.7. The van der Waals surface area contributed by atoms with E-state index in [-0.39, 0.29) is 6.03 Å². The first-order valence-corrected chi connectivity index (χ1v) is 5.55. The second-order valence-corrected chi connectivity index (χ2v) is 4.10. The van der Waals surface area contributed by atoms with Crippen molar-refractivity contribution < 1.29 is 10.0 Å². The summed E-state index contributed by atoms with van der Waals surface area (Å²) in [5.41, 5.74) is 1.94. The number of carbonyl (C=O) groups is 1. The van der Waals surface area contributed by atoms with Gasteiger partial charge in [-0.2, -0.15) is 0 Å². The van der Waals surface area contributed by atoms with Crippen LogP contribution in [0.25, 0.3) is 0 Å². The molecule has 1 aliphatic rings. The first-order valence-electron chi connectivity index (χ1n) is 5.17. The van der Waals surface area contributed by atoms with E-state index in [9.17, 15) is 4.79 Å². The Kier molecular flexibility index (Phi) is 3.19. The van der Waals surface area contributed by atoms with Crippen LogP contribution in [0.3, 0.4) is 0 Å². The molecule has 1 aromatic carbocycles. The van der Waals surface area contributed by atoms with Crippen LogP contribution in [0.5, 0.6) is 0 Å². The molecule has 2 N–H and O–H groups in total. The summed E-state index contributed by atoms with van der Waals surface area (Å²) in [4.78, 5) is 13.3. The lowest BCUT2D eigenvalue weighted by Crippen LogP contribution is -2.42. The van der Waals surface area contributed by atoms with Crippen molar-refractivity contribution in [2.24, 2.45) is 5.16 Å². The second-order valence-electron chi connectivity index (χ2n) is 3.66. The topological polar surface area (TPSA) is 64.9 Å². The fraction of sp³-hybridized carbons (Fsp3) is 0.273. The Balaban J connectivity index is 2.51. The number of rotatable bonds is 0. The Hall–Kier alpha value is -1.75. The van der Waals surface area contributed by atoms with Gasteiger partial charge in [0.25, 0.3) is 0 Å². The fourth-order valence-electron chi connectivity index (χ4n) is 1.90. The van der Waals surface area contributed by atoms with E-state index in [2.05, 4.69) is 10.5 Å². The van der Waals surface area contributed by atoms with Crippen molar-refractivity contribution in [3.63, 3.8) is 0 Å². The van der Waals surface area contributed by atoms with Gasteiger partial charge in [-0.3, -0.25) is 4.90 Å². The van der Waals surface area contributed by atoms with Gasteiger partial charge in [-0.1, -0.05) is 16.8 Å². The van der Waals surface area contributed by atoms with E-state index in [0.29, 0.717) is 35.0 Å². The minimum Gasteiger partial charge on any atom is -0.411 e. The molecule has 0 saturated carbocycles. The summed E-state index contributed by atoms with van der Waals surface area (Å²) >= 11 is 5.90. The van der Waals surface area contributed by atoms with Gasteiger partial charge >= 0.3 is 6.03 Å². The minimum absolute atomic E-state index is 0.189. The molecule has 2 amide bonds. The minimum atomic E-state index is -0.189. The van der Waals surface area contributed by atoms with E-state index in [1.165, 1.54) is 0 Å². The summed E-state index contributed by atoms with van der Waals surface area (Å²) in [6.07, 6.45) is 0.497. The van der Waals surface area contributed by atoms with E-state index in [1.54, 1.807) is 30.1 Å². The average Bonchev–Trinajstić information content (AvgIpc) is 2.36. The molecule has 0 radical (unpaired) electrons. The summed E-state index contributed by atoms with van der Waals surface area (Å²) in [5, 5.41) is 15.3. The number of fused-ring (bicyclic) bond motifs is 1. The van der Waals surface area contributed by atoms with Gasteiger partial charge in [0.15, 0.2) is 0 Å². The molecule has 90 valence electrons. The molecule has 17 heavy (non-hydrogen) atoms. The maximum Gasteiger partial charge on any atom is 0.321 e. The molecule has 0 bridgehead atoms. The van der Waals surface area contributed by atoms with Crippen molar-refractivity contribution in [3.05, 3.63) is 28.8 Å². The molecule has 0 aromatic heterocycles. The molecule has 2 rings (SSSR count). The first-order chi connectivity index (χ1) is 8.17. The summed E-state index contributed by atoms with van der Waals surface area (Å²) in [6, 6.07) is 4.96. The summed E-state index contributed by atoms with van der Waals surface area (Å²) < 4.78 is 0. The number of carbonyl (C=O) groups excluding carboxylic acids is 1. The third-order valence-electron chi connectivity index (χ3n) is 2.71. The molecule has 5 nitrogen and oxygen atoms in total. The molecular formula is C11H12ClN3O2. The quantitative estimate of drug-likeness (QED) is 0.549. The van der Waals surface area contributed by atoms with Crippen LogP contribution in [0.15, 0.2) is 23.4 Å². The third-order valence-corrected chi connectivity index (χ3v) is 2.95. The molecular weight excluding hydrogens is 242 g/mol. The van der Waals surface area contributed by atoms with Crippen LogP contribution in [-0.4, -0.2) is 30.5 Å². The number of nitrogens with zero attached hydrogens (tertiary/aromatic N) is 2. The van der Waals surface area contributed by atoms with Crippen LogP contribution in [0.4, 0.5) is 10.5 Å². The Morgan fingerprint density at radius 1 is 1.59 bits per heavy atom. The van der Waals surface area contributed by atoms with Gasteiger partial charge in [-0.25, -0.2) is 4.79 Å². The van der Waals surface area contributed by atoms with Crippen LogP contribution < -0.4 is 10.2 Å². The smallest absolute Gasteiger partial charge is 0.321 e. The van der Waals surface area contributed by atoms with Crippen molar-refractivity contribution >= 4 is 29.0 Å². The van der Waals surface area contributed by atoms with Crippen LogP contribution >= 0.6 is 11.6 Å². The van der Waals surface area contributed by atoms with Gasteiger partial charge in [-0.15, -0.1) is 0 Å². The van der Waals surface area contributed by atoms with Crippen molar-refractivity contribution in [1.29, 1.82) is 0 Å². The molecule has 0 fully saturated rings. The number of anilines is 1. The molecule has 1 aliphatic heterocycles. The van der Waals surface area contributed by atoms with Crippen molar-refractivity contribution in [3.8, 4) is 0 Å². The zero-order valence-corrected chi connectivity index (χ0v) is 10.0. The SMILES string of the molecule is CNC(=O)N1CCC(=NO)c2cc(Cl)ccc21. The molecule has 1 heterocycles. The largest absolute Gasteiger partial charge is 0.411 e. The van der Waals surface area contributed by atoms with E-state index in [1.807, 2.05) is 0 Å². The van der Waals surface area contributed by atoms with E-state index < -0.39 is 0 Å². The molecule has 0 aliphatic carbocycles. The highest BCUT2D eigenvalue weighted by atomic mass is 35.5. The number of amides is 2. The summed E-state index contributed by atoms with van der Waals surface area (Å²) in [6.45, 7) is 0.480. The number of halogens is 1. The van der Waals surface area contributed by atoms with Gasteiger partial charge in [0.1, 0.15) is 0 Å². The molecule has 0 atom stereocenters. The highest BCUT2D eigenvalue weighted by Gasteiger charge is 2.26. The molecule has 6 heteroatoms. The summed E-state index contributed by atoms with van der Waals surface area (Å²) in [5.74, 6) is 0. The number of oxime groups is 1. The number of urea groups is 1. The highest BCUT2D eigenvalue weighted by molar-refractivity contribution is 6.31. The van der Waals surface area contributed by atoms with Gasteiger partial charge in [0, 0.05) is 30.6 Å². The predicted octanol–water partition coefficient (Wildman–Crippen LogP) is 2.07. The number of hydrogen-bond acceptors (Lipinski definition) is 3. The van der Waals surface area contributed by atoms with Gasteiger partial charge in [0.05, 0.1) is 11.4 Å². The average molecular weight is 254 g/mol. The van der Waals surface area contributed by atoms with Crippen molar-refractivity contribution in [2.75, 3.05) is 18.5 Å². The predicted molar refractivity (Wildman–Crippen MR) is 66.2 cm³/mol. The Labute approximate surface area is 104 Å². The zero-order valence-electron chi connectivity index (χ0n) is 9.27. The van der Waals surface area contributed by atoms with Crippen molar-refractivity contribution in [1.82, 2.24) is 5.32 Å². The molecule has 0 unspecified atom stereocenters. The van der Waals surface area contributed by atoms with Crippen LogP contribution in [0.1, 0.15) is 12.0 Å². The fourth-order valence-corrected chi connectivity index (χ4v) is 2.07. The van der Waals surface area contributed by atoms with Crippen LogP contribution in [0, 0.1) is 0 Å². The van der Waals surface area contributed by atoms with Gasteiger partial charge in [0.2, 0.25) is 0 Å². The number of hydrogen-bond donors (Lipinski definition) is 2. The van der Waals surface area contributed by atoms with Crippen LogP contribution in [0.2, 0.25) is 5.02 Å². The van der Waals surface area contributed by atoms with E-state index in [0.717, 1.165) is 0 Å². The first kappa shape index (κ1) is 11.7. The maximum absolute atomic E-state index is 11.7. The molecule has 0 spiro atoms. The van der Waals surface area contributed by atoms with Gasteiger partial charge in [-0.05, 0) is 18.2 Å². The Bertz CT molecular complexity index is 488. The van der Waals surface area contributed by atoms with E-state index in [4.69, 9.17) is 16.8 Å². The normalized spacial score (nSPS) is 16.8. The monoisotopic (exact) mass is 253 g/mol. The van der Waals surface area contributed by atoms with Crippen molar-refractivity contribution in [2.45, 2.75) is 6.42 Å². The highest BCUT2D eigenvalue weighted by Crippen LogP contribution is 2.29. The second kappa shape index (κ2) is 4.63. The molecule has 0 saturated heterocycles. The Morgan fingerprint density at radius 3 is 3.00 bits per heavy atom. The lowest BCUT2D eigenvalue weighted by molar-refractivity contribution is 0.248. The van der Waals surface area contributed by atoms with E-state index >= 15 is 0 Å². The molecule has 1 aromatic rings. The zero-order chi connectivity index (χ0) is 12.4.